The minimum Gasteiger partial charge on any atom is -0.506 e. The summed E-state index contributed by atoms with van der Waals surface area (Å²) in [6, 6.07) is 13.5. The quantitative estimate of drug-likeness (QED) is 0.489. The van der Waals surface area contributed by atoms with Crippen LogP contribution in [-0.2, 0) is 11.3 Å². The van der Waals surface area contributed by atoms with Crippen LogP contribution in [0.1, 0.15) is 36.5 Å². The first-order valence-electron chi connectivity index (χ1n) is 9.53. The van der Waals surface area contributed by atoms with Gasteiger partial charge in [-0.3, -0.25) is 4.79 Å². The fourth-order valence-electron chi connectivity index (χ4n) is 3.81. The van der Waals surface area contributed by atoms with Gasteiger partial charge in [0.05, 0.1) is 23.5 Å². The molecule has 1 aliphatic carbocycles. The van der Waals surface area contributed by atoms with Crippen LogP contribution in [0.2, 0.25) is 0 Å². The molecule has 2 unspecified atom stereocenters. The Morgan fingerprint density at radius 1 is 1.21 bits per heavy atom. The SMILES string of the molecule is O=c1[nH]c2c(O)ccc([C@@H](O)CNC3CCCC3OCc3ccccc3)c2s1. The number of aromatic nitrogens is 1. The first-order chi connectivity index (χ1) is 13.6. The molecule has 1 aromatic heterocycles. The highest BCUT2D eigenvalue weighted by Gasteiger charge is 2.28. The first kappa shape index (κ1) is 19.1. The monoisotopic (exact) mass is 400 g/mol. The summed E-state index contributed by atoms with van der Waals surface area (Å²) in [4.78, 5) is 14.0. The number of benzene rings is 2. The Labute approximate surface area is 166 Å². The summed E-state index contributed by atoms with van der Waals surface area (Å²) < 4.78 is 6.71. The molecule has 28 heavy (non-hydrogen) atoms. The molecule has 0 amide bonds. The number of H-pyrrole nitrogens is 1. The number of phenolic OH excluding ortho intramolecular Hbond substituents is 1. The second kappa shape index (κ2) is 8.45. The smallest absolute Gasteiger partial charge is 0.305 e. The molecule has 1 heterocycles. The Hall–Kier alpha value is -2.19. The normalized spacial score (nSPS) is 20.6. The number of thiazole rings is 1. The van der Waals surface area contributed by atoms with Gasteiger partial charge in [0.25, 0.3) is 0 Å². The molecule has 0 spiro atoms. The van der Waals surface area contributed by atoms with E-state index < -0.39 is 6.10 Å². The van der Waals surface area contributed by atoms with Gasteiger partial charge in [0.1, 0.15) is 11.3 Å². The summed E-state index contributed by atoms with van der Waals surface area (Å²) in [5.74, 6) is 0.0161. The topological polar surface area (TPSA) is 94.6 Å². The summed E-state index contributed by atoms with van der Waals surface area (Å²) >= 11 is 1.00. The predicted octanol–water partition coefficient (Wildman–Crippen LogP) is 3.06. The van der Waals surface area contributed by atoms with E-state index in [9.17, 15) is 15.0 Å². The van der Waals surface area contributed by atoms with Crippen molar-refractivity contribution in [3.8, 4) is 5.75 Å². The Bertz CT molecular complexity index is 985. The summed E-state index contributed by atoms with van der Waals surface area (Å²) in [6.45, 7) is 0.948. The van der Waals surface area contributed by atoms with E-state index in [1.54, 1.807) is 6.07 Å². The molecular formula is C21H24N2O4S. The number of aromatic amines is 1. The highest BCUT2D eigenvalue weighted by molar-refractivity contribution is 7.16. The molecule has 0 aliphatic heterocycles. The van der Waals surface area contributed by atoms with Gasteiger partial charge in [-0.2, -0.15) is 0 Å². The van der Waals surface area contributed by atoms with Crippen LogP contribution in [0.15, 0.2) is 47.3 Å². The van der Waals surface area contributed by atoms with Crippen molar-refractivity contribution in [1.82, 2.24) is 10.3 Å². The molecule has 1 fully saturated rings. The lowest BCUT2D eigenvalue weighted by Gasteiger charge is -2.23. The van der Waals surface area contributed by atoms with Gasteiger partial charge >= 0.3 is 4.87 Å². The maximum absolute atomic E-state index is 11.7. The molecule has 4 rings (SSSR count). The van der Waals surface area contributed by atoms with Crippen molar-refractivity contribution >= 4 is 21.6 Å². The molecule has 0 saturated heterocycles. The van der Waals surface area contributed by atoms with Crippen LogP contribution in [0.25, 0.3) is 10.2 Å². The number of aliphatic hydroxyl groups is 1. The number of hydrogen-bond donors (Lipinski definition) is 4. The maximum atomic E-state index is 11.7. The fourth-order valence-corrected chi connectivity index (χ4v) is 4.73. The summed E-state index contributed by atoms with van der Waals surface area (Å²) in [6.07, 6.45) is 2.45. The van der Waals surface area contributed by atoms with E-state index >= 15 is 0 Å². The standard InChI is InChI=1S/C21H24N2O4S/c24-16-10-9-14(20-19(16)23-21(26)28-20)17(25)11-22-15-7-4-8-18(15)27-12-13-5-2-1-3-6-13/h1-3,5-6,9-10,15,17-18,22,24-25H,4,7-8,11-12H2,(H,23,26)/t15?,17-,18?/m0/s1. The van der Waals surface area contributed by atoms with Gasteiger partial charge in [-0.15, -0.1) is 0 Å². The Balaban J connectivity index is 1.38. The van der Waals surface area contributed by atoms with Crippen LogP contribution in [0.3, 0.4) is 0 Å². The lowest BCUT2D eigenvalue weighted by molar-refractivity contribution is 0.0249. The van der Waals surface area contributed by atoms with Crippen molar-refractivity contribution in [2.45, 2.75) is 44.1 Å². The van der Waals surface area contributed by atoms with Crippen LogP contribution in [0.4, 0.5) is 0 Å². The second-order valence-electron chi connectivity index (χ2n) is 7.19. The van der Waals surface area contributed by atoms with Crippen LogP contribution in [0.5, 0.6) is 5.75 Å². The maximum Gasteiger partial charge on any atom is 0.305 e. The van der Waals surface area contributed by atoms with Crippen LogP contribution >= 0.6 is 11.3 Å². The molecule has 4 N–H and O–H groups in total. The third kappa shape index (κ3) is 4.12. The van der Waals surface area contributed by atoms with E-state index in [0.717, 1.165) is 36.2 Å². The molecule has 148 valence electrons. The molecule has 1 saturated carbocycles. The second-order valence-corrected chi connectivity index (χ2v) is 8.17. The molecule has 0 radical (unpaired) electrons. The van der Waals surface area contributed by atoms with Crippen molar-refractivity contribution in [2.75, 3.05) is 6.54 Å². The zero-order valence-electron chi connectivity index (χ0n) is 15.4. The van der Waals surface area contributed by atoms with Gasteiger partial charge in [0.2, 0.25) is 0 Å². The average Bonchev–Trinajstić information content (AvgIpc) is 3.32. The van der Waals surface area contributed by atoms with Gasteiger partial charge in [-0.1, -0.05) is 47.7 Å². The lowest BCUT2D eigenvalue weighted by atomic mass is 10.1. The predicted molar refractivity (Wildman–Crippen MR) is 110 cm³/mol. The summed E-state index contributed by atoms with van der Waals surface area (Å²) in [7, 11) is 0. The van der Waals surface area contributed by atoms with Gasteiger partial charge in [0.15, 0.2) is 0 Å². The van der Waals surface area contributed by atoms with Crippen molar-refractivity contribution < 1.29 is 14.9 Å². The number of rotatable bonds is 7. The zero-order chi connectivity index (χ0) is 19.5. The minimum atomic E-state index is -0.773. The number of nitrogens with one attached hydrogen (secondary N) is 2. The van der Waals surface area contributed by atoms with E-state index in [2.05, 4.69) is 22.4 Å². The van der Waals surface area contributed by atoms with Gasteiger partial charge in [-0.05, 0) is 30.9 Å². The number of phenols is 1. The summed E-state index contributed by atoms with van der Waals surface area (Å²) in [5.41, 5.74) is 2.18. The summed E-state index contributed by atoms with van der Waals surface area (Å²) in [5, 5.41) is 24.0. The number of ether oxygens (including phenoxy) is 1. The third-order valence-corrected chi connectivity index (χ3v) is 6.21. The Morgan fingerprint density at radius 3 is 2.86 bits per heavy atom. The van der Waals surface area contributed by atoms with E-state index in [1.807, 2.05) is 18.2 Å². The van der Waals surface area contributed by atoms with Gasteiger partial charge in [-0.25, -0.2) is 0 Å². The molecule has 3 aromatic rings. The van der Waals surface area contributed by atoms with Gasteiger partial charge < -0.3 is 25.3 Å². The molecule has 1 aliphatic rings. The molecular weight excluding hydrogens is 376 g/mol. The van der Waals surface area contributed by atoms with Crippen LogP contribution in [0, 0.1) is 0 Å². The number of fused-ring (bicyclic) bond motifs is 1. The van der Waals surface area contributed by atoms with Crippen molar-refractivity contribution in [1.29, 1.82) is 0 Å². The fraction of sp³-hybridized carbons (Fsp3) is 0.381. The molecule has 7 heteroatoms. The molecule has 6 nitrogen and oxygen atoms in total. The van der Waals surface area contributed by atoms with Gasteiger partial charge in [0, 0.05) is 18.2 Å². The Morgan fingerprint density at radius 2 is 2.04 bits per heavy atom. The average molecular weight is 401 g/mol. The Kier molecular flexibility index (Phi) is 5.77. The largest absolute Gasteiger partial charge is 0.506 e. The number of aliphatic hydroxyl groups excluding tert-OH is 1. The van der Waals surface area contributed by atoms with Crippen molar-refractivity contribution in [3.63, 3.8) is 0 Å². The molecule has 2 aromatic carbocycles. The number of hydrogen-bond acceptors (Lipinski definition) is 6. The van der Waals surface area contributed by atoms with E-state index in [-0.39, 0.29) is 22.8 Å². The number of aromatic hydroxyl groups is 1. The first-order valence-corrected chi connectivity index (χ1v) is 10.3. The lowest BCUT2D eigenvalue weighted by Crippen LogP contribution is -2.39. The van der Waals surface area contributed by atoms with Crippen LogP contribution in [-0.4, -0.2) is 33.9 Å². The molecule has 0 bridgehead atoms. The van der Waals surface area contributed by atoms with E-state index in [0.29, 0.717) is 28.9 Å². The highest BCUT2D eigenvalue weighted by Crippen LogP contribution is 2.31. The molecule has 3 atom stereocenters. The minimum absolute atomic E-state index is 0.0161. The zero-order valence-corrected chi connectivity index (χ0v) is 16.2. The van der Waals surface area contributed by atoms with Crippen LogP contribution < -0.4 is 10.2 Å². The third-order valence-electron chi connectivity index (χ3n) is 5.28. The van der Waals surface area contributed by atoms with Crippen molar-refractivity contribution in [3.05, 3.63) is 63.3 Å². The van der Waals surface area contributed by atoms with E-state index in [4.69, 9.17) is 4.74 Å². The van der Waals surface area contributed by atoms with E-state index in [1.165, 1.54) is 6.07 Å². The van der Waals surface area contributed by atoms with Crippen molar-refractivity contribution in [2.24, 2.45) is 0 Å². The highest BCUT2D eigenvalue weighted by atomic mass is 32.1.